The Morgan fingerprint density at radius 2 is 1.65 bits per heavy atom. The van der Waals surface area contributed by atoms with Gasteiger partial charge in [0.25, 0.3) is 0 Å². The molecule has 2 atom stereocenters. The van der Waals surface area contributed by atoms with Gasteiger partial charge < -0.3 is 19.3 Å². The standard InChI is InChI=1S/C24H23FN2O4/c25-18-5-3-17(4-6-18)19-14-20(19)24(29)27-11-9-26(10-12-27)23(28)8-2-16-1-7-21-22(13-16)31-15-30-21/h1-8,13,19-20H,9-12,14-15H2/b8-2+/t19-,20+/m1/s1. The third kappa shape index (κ3) is 4.13. The molecular weight excluding hydrogens is 399 g/mol. The van der Waals surface area contributed by atoms with Crippen molar-refractivity contribution in [2.24, 2.45) is 5.92 Å². The first-order chi connectivity index (χ1) is 15.1. The van der Waals surface area contributed by atoms with Gasteiger partial charge in [0.15, 0.2) is 11.5 Å². The Balaban J connectivity index is 1.12. The molecule has 0 bridgehead atoms. The Labute approximate surface area is 179 Å². The lowest BCUT2D eigenvalue weighted by atomic mass is 10.1. The zero-order valence-electron chi connectivity index (χ0n) is 17.0. The monoisotopic (exact) mass is 422 g/mol. The molecule has 2 aliphatic heterocycles. The third-order valence-corrected chi connectivity index (χ3v) is 6.12. The largest absolute Gasteiger partial charge is 0.454 e. The summed E-state index contributed by atoms with van der Waals surface area (Å²) in [5.41, 5.74) is 1.88. The Bertz CT molecular complexity index is 1030. The summed E-state index contributed by atoms with van der Waals surface area (Å²) in [5.74, 6) is 1.34. The fraction of sp³-hybridized carbons (Fsp3) is 0.333. The average Bonchev–Trinajstić information content (AvgIpc) is 3.46. The molecule has 2 amide bonds. The Kier molecular flexibility index (Phi) is 5.10. The molecule has 160 valence electrons. The lowest BCUT2D eigenvalue weighted by Gasteiger charge is -2.34. The molecule has 2 aromatic carbocycles. The molecule has 31 heavy (non-hydrogen) atoms. The molecule has 3 aliphatic rings. The Hall–Kier alpha value is -3.35. The molecule has 0 radical (unpaired) electrons. The predicted molar refractivity (Wildman–Crippen MR) is 112 cm³/mol. The average molecular weight is 422 g/mol. The van der Waals surface area contributed by atoms with Crippen LogP contribution in [-0.4, -0.2) is 54.6 Å². The van der Waals surface area contributed by atoms with E-state index in [1.54, 1.807) is 29.2 Å². The molecule has 0 N–H and O–H groups in total. The van der Waals surface area contributed by atoms with E-state index >= 15 is 0 Å². The number of carbonyl (C=O) groups excluding carboxylic acids is 2. The van der Waals surface area contributed by atoms with Crippen LogP contribution in [0.3, 0.4) is 0 Å². The quantitative estimate of drug-likeness (QED) is 0.711. The van der Waals surface area contributed by atoms with Gasteiger partial charge in [-0.1, -0.05) is 18.2 Å². The zero-order chi connectivity index (χ0) is 21.4. The molecular formula is C24H23FN2O4. The number of carbonyl (C=O) groups is 2. The van der Waals surface area contributed by atoms with Crippen molar-refractivity contribution < 1.29 is 23.5 Å². The summed E-state index contributed by atoms with van der Waals surface area (Å²) in [4.78, 5) is 29.0. The van der Waals surface area contributed by atoms with Gasteiger partial charge in [0.1, 0.15) is 5.82 Å². The van der Waals surface area contributed by atoms with E-state index in [0.29, 0.717) is 37.7 Å². The summed E-state index contributed by atoms with van der Waals surface area (Å²) in [6.45, 7) is 2.33. The second kappa shape index (κ2) is 8.06. The summed E-state index contributed by atoms with van der Waals surface area (Å²) in [5, 5.41) is 0. The lowest BCUT2D eigenvalue weighted by Crippen LogP contribution is -2.50. The summed E-state index contributed by atoms with van der Waals surface area (Å²) >= 11 is 0. The highest BCUT2D eigenvalue weighted by molar-refractivity contribution is 5.92. The molecule has 0 unspecified atom stereocenters. The normalized spacial score (nSPS) is 22.1. The molecule has 1 saturated heterocycles. The Morgan fingerprint density at radius 3 is 2.42 bits per heavy atom. The van der Waals surface area contributed by atoms with Crippen molar-refractivity contribution in [2.45, 2.75) is 12.3 Å². The van der Waals surface area contributed by atoms with Crippen LogP contribution in [-0.2, 0) is 9.59 Å². The topological polar surface area (TPSA) is 59.1 Å². The molecule has 0 aromatic heterocycles. The van der Waals surface area contributed by atoms with Gasteiger partial charge in [-0.3, -0.25) is 9.59 Å². The van der Waals surface area contributed by atoms with E-state index in [4.69, 9.17) is 9.47 Å². The van der Waals surface area contributed by atoms with Gasteiger partial charge in [-0.2, -0.15) is 0 Å². The second-order valence-electron chi connectivity index (χ2n) is 8.10. The molecule has 0 spiro atoms. The van der Waals surface area contributed by atoms with E-state index in [9.17, 15) is 14.0 Å². The van der Waals surface area contributed by atoms with E-state index in [-0.39, 0.29) is 36.3 Å². The fourth-order valence-corrected chi connectivity index (χ4v) is 4.22. The van der Waals surface area contributed by atoms with Crippen LogP contribution < -0.4 is 9.47 Å². The number of rotatable bonds is 4. The van der Waals surface area contributed by atoms with Crippen molar-refractivity contribution in [1.29, 1.82) is 0 Å². The number of fused-ring (bicyclic) bond motifs is 1. The van der Waals surface area contributed by atoms with Crippen molar-refractivity contribution in [3.8, 4) is 11.5 Å². The molecule has 2 fully saturated rings. The number of hydrogen-bond acceptors (Lipinski definition) is 4. The highest BCUT2D eigenvalue weighted by Gasteiger charge is 2.46. The highest BCUT2D eigenvalue weighted by Crippen LogP contribution is 2.48. The van der Waals surface area contributed by atoms with Crippen molar-refractivity contribution in [3.63, 3.8) is 0 Å². The predicted octanol–water partition coefficient (Wildman–Crippen LogP) is 3.04. The zero-order valence-corrected chi connectivity index (χ0v) is 17.0. The number of hydrogen-bond donors (Lipinski definition) is 0. The molecule has 2 heterocycles. The second-order valence-corrected chi connectivity index (χ2v) is 8.10. The van der Waals surface area contributed by atoms with Crippen LogP contribution in [0.1, 0.15) is 23.5 Å². The Morgan fingerprint density at radius 1 is 0.935 bits per heavy atom. The summed E-state index contributed by atoms with van der Waals surface area (Å²) in [7, 11) is 0. The number of benzene rings is 2. The molecule has 7 heteroatoms. The summed E-state index contributed by atoms with van der Waals surface area (Å²) in [6, 6.07) is 11.9. The van der Waals surface area contributed by atoms with Crippen LogP contribution in [0.25, 0.3) is 6.08 Å². The van der Waals surface area contributed by atoms with E-state index in [1.165, 1.54) is 12.1 Å². The fourth-order valence-electron chi connectivity index (χ4n) is 4.22. The minimum Gasteiger partial charge on any atom is -0.454 e. The van der Waals surface area contributed by atoms with E-state index in [0.717, 1.165) is 17.5 Å². The van der Waals surface area contributed by atoms with E-state index in [1.807, 2.05) is 23.1 Å². The summed E-state index contributed by atoms with van der Waals surface area (Å²) in [6.07, 6.45) is 4.13. The van der Waals surface area contributed by atoms with Crippen LogP contribution in [0.5, 0.6) is 11.5 Å². The third-order valence-electron chi connectivity index (χ3n) is 6.12. The van der Waals surface area contributed by atoms with E-state index < -0.39 is 0 Å². The maximum absolute atomic E-state index is 13.1. The SMILES string of the molecule is O=C(/C=C/c1ccc2c(c1)OCO2)N1CCN(C(=O)[C@H]2C[C@@H]2c2ccc(F)cc2)CC1. The highest BCUT2D eigenvalue weighted by atomic mass is 19.1. The van der Waals surface area contributed by atoms with Crippen LogP contribution in [0, 0.1) is 11.7 Å². The molecule has 2 aromatic rings. The van der Waals surface area contributed by atoms with Gasteiger partial charge in [-0.25, -0.2) is 4.39 Å². The first kappa shape index (κ1) is 19.6. The minimum atomic E-state index is -0.263. The van der Waals surface area contributed by atoms with Crippen LogP contribution in [0.4, 0.5) is 4.39 Å². The lowest BCUT2D eigenvalue weighted by molar-refractivity contribution is -0.138. The minimum absolute atomic E-state index is 0.0291. The summed E-state index contributed by atoms with van der Waals surface area (Å²) < 4.78 is 23.7. The molecule has 5 rings (SSSR count). The van der Waals surface area contributed by atoms with Gasteiger partial charge in [-0.15, -0.1) is 0 Å². The van der Waals surface area contributed by atoms with Gasteiger partial charge in [0.05, 0.1) is 0 Å². The number of ether oxygens (including phenoxy) is 2. The number of amides is 2. The van der Waals surface area contributed by atoms with Crippen molar-refractivity contribution in [3.05, 3.63) is 65.5 Å². The van der Waals surface area contributed by atoms with Crippen LogP contribution in [0.2, 0.25) is 0 Å². The van der Waals surface area contributed by atoms with Crippen molar-refractivity contribution >= 4 is 17.9 Å². The number of nitrogens with zero attached hydrogens (tertiary/aromatic N) is 2. The maximum Gasteiger partial charge on any atom is 0.246 e. The van der Waals surface area contributed by atoms with Gasteiger partial charge >= 0.3 is 0 Å². The molecule has 1 aliphatic carbocycles. The van der Waals surface area contributed by atoms with Crippen LogP contribution in [0.15, 0.2) is 48.5 Å². The first-order valence-electron chi connectivity index (χ1n) is 10.5. The van der Waals surface area contributed by atoms with E-state index in [2.05, 4.69) is 0 Å². The van der Waals surface area contributed by atoms with Crippen LogP contribution >= 0.6 is 0 Å². The van der Waals surface area contributed by atoms with Crippen molar-refractivity contribution in [2.75, 3.05) is 33.0 Å². The van der Waals surface area contributed by atoms with Gasteiger partial charge in [0, 0.05) is 38.2 Å². The number of piperazine rings is 1. The maximum atomic E-state index is 13.1. The smallest absolute Gasteiger partial charge is 0.246 e. The van der Waals surface area contributed by atoms with Gasteiger partial charge in [0.2, 0.25) is 18.6 Å². The molecule has 6 nitrogen and oxygen atoms in total. The van der Waals surface area contributed by atoms with Gasteiger partial charge in [-0.05, 0) is 53.8 Å². The first-order valence-corrected chi connectivity index (χ1v) is 10.5. The van der Waals surface area contributed by atoms with Crippen molar-refractivity contribution in [1.82, 2.24) is 9.80 Å². The number of halogens is 1. The molecule has 1 saturated carbocycles.